The Morgan fingerprint density at radius 3 is 2.81 bits per heavy atom. The molecule has 1 aliphatic heterocycles. The summed E-state index contributed by atoms with van der Waals surface area (Å²) in [7, 11) is 0. The van der Waals surface area contributed by atoms with Gasteiger partial charge in [0.1, 0.15) is 11.7 Å². The van der Waals surface area contributed by atoms with Crippen molar-refractivity contribution >= 4 is 17.6 Å². The number of hydrogen-bond donors (Lipinski definition) is 1. The highest BCUT2D eigenvalue weighted by Gasteiger charge is 2.37. The highest BCUT2D eigenvalue weighted by molar-refractivity contribution is 6.07. The molecule has 1 fully saturated rings. The van der Waals surface area contributed by atoms with Crippen LogP contribution < -0.4 is 4.90 Å². The van der Waals surface area contributed by atoms with Gasteiger partial charge in [-0.25, -0.2) is 4.39 Å². The molecule has 0 radical (unpaired) electrons. The van der Waals surface area contributed by atoms with Gasteiger partial charge in [-0.3, -0.25) is 9.59 Å². The molecule has 1 aliphatic rings. The van der Waals surface area contributed by atoms with Crippen molar-refractivity contribution in [3.05, 3.63) is 30.1 Å². The van der Waals surface area contributed by atoms with Gasteiger partial charge in [-0.1, -0.05) is 6.07 Å². The summed E-state index contributed by atoms with van der Waals surface area (Å²) in [6, 6.07) is 5.58. The van der Waals surface area contributed by atoms with Gasteiger partial charge in [0.05, 0.1) is 0 Å². The summed E-state index contributed by atoms with van der Waals surface area (Å²) in [5.41, 5.74) is 0.411. The second kappa shape index (κ2) is 3.92. The monoisotopic (exact) mass is 223 g/mol. The van der Waals surface area contributed by atoms with Gasteiger partial charge in [-0.2, -0.15) is 0 Å². The Morgan fingerprint density at radius 1 is 1.50 bits per heavy atom. The predicted octanol–water partition coefficient (Wildman–Crippen LogP) is 1.26. The Labute approximate surface area is 91.3 Å². The number of aliphatic carboxylic acids is 1. The molecular formula is C11H10FNO3. The predicted molar refractivity (Wildman–Crippen MR) is 54.5 cm³/mol. The van der Waals surface area contributed by atoms with E-state index in [0.717, 1.165) is 0 Å². The van der Waals surface area contributed by atoms with Crippen LogP contribution in [-0.4, -0.2) is 23.5 Å². The summed E-state index contributed by atoms with van der Waals surface area (Å²) >= 11 is 0. The molecule has 1 heterocycles. The van der Waals surface area contributed by atoms with Gasteiger partial charge in [0, 0.05) is 12.2 Å². The number of anilines is 1. The highest BCUT2D eigenvalue weighted by atomic mass is 19.1. The summed E-state index contributed by atoms with van der Waals surface area (Å²) in [5.74, 6) is -3.03. The van der Waals surface area contributed by atoms with E-state index in [-0.39, 0.29) is 6.42 Å². The molecule has 1 amide bonds. The molecule has 1 aromatic rings. The average Bonchev–Trinajstić information content (AvgIpc) is 2.60. The number of hydrogen-bond acceptors (Lipinski definition) is 2. The Balaban J connectivity index is 2.25. The van der Waals surface area contributed by atoms with Crippen LogP contribution in [0.3, 0.4) is 0 Å². The molecule has 84 valence electrons. The molecule has 1 N–H and O–H groups in total. The van der Waals surface area contributed by atoms with Crippen LogP contribution in [0.15, 0.2) is 24.3 Å². The summed E-state index contributed by atoms with van der Waals surface area (Å²) in [6.07, 6.45) is 0.269. The lowest BCUT2D eigenvalue weighted by Crippen LogP contribution is -2.30. The lowest BCUT2D eigenvalue weighted by Gasteiger charge is -2.15. The van der Waals surface area contributed by atoms with Crippen molar-refractivity contribution in [3.8, 4) is 0 Å². The van der Waals surface area contributed by atoms with Crippen molar-refractivity contribution in [1.82, 2.24) is 0 Å². The maximum Gasteiger partial charge on any atom is 0.316 e. The summed E-state index contributed by atoms with van der Waals surface area (Å²) in [5, 5.41) is 8.78. The molecule has 0 saturated carbocycles. The molecule has 5 heteroatoms. The zero-order valence-electron chi connectivity index (χ0n) is 8.39. The van der Waals surface area contributed by atoms with Gasteiger partial charge in [0.15, 0.2) is 0 Å². The minimum atomic E-state index is -1.12. The van der Waals surface area contributed by atoms with E-state index >= 15 is 0 Å². The lowest BCUT2D eigenvalue weighted by molar-refractivity contribution is -0.144. The van der Waals surface area contributed by atoms with Crippen molar-refractivity contribution in [2.45, 2.75) is 6.42 Å². The number of nitrogens with zero attached hydrogens (tertiary/aromatic N) is 1. The first-order chi connectivity index (χ1) is 7.59. The van der Waals surface area contributed by atoms with Crippen molar-refractivity contribution in [3.63, 3.8) is 0 Å². The molecule has 2 rings (SSSR count). The average molecular weight is 223 g/mol. The largest absolute Gasteiger partial charge is 0.481 e. The van der Waals surface area contributed by atoms with Gasteiger partial charge in [0.25, 0.3) is 0 Å². The fraction of sp³-hybridized carbons (Fsp3) is 0.273. The summed E-state index contributed by atoms with van der Waals surface area (Å²) in [6.45, 7) is 0.319. The minimum Gasteiger partial charge on any atom is -0.481 e. The molecule has 4 nitrogen and oxygen atoms in total. The number of carbonyl (C=O) groups excluding carboxylic acids is 1. The zero-order chi connectivity index (χ0) is 11.7. The van der Waals surface area contributed by atoms with Gasteiger partial charge < -0.3 is 10.0 Å². The number of carbonyl (C=O) groups is 2. The molecule has 16 heavy (non-hydrogen) atoms. The molecule has 1 atom stereocenters. The van der Waals surface area contributed by atoms with Crippen LogP contribution >= 0.6 is 0 Å². The van der Waals surface area contributed by atoms with Crippen molar-refractivity contribution < 1.29 is 19.1 Å². The SMILES string of the molecule is O=C(O)[C@H]1CCN(c2cccc(F)c2)C1=O. The van der Waals surface area contributed by atoms with E-state index in [1.807, 2.05) is 0 Å². The maximum atomic E-state index is 12.9. The number of benzene rings is 1. The quantitative estimate of drug-likeness (QED) is 0.768. The fourth-order valence-electron chi connectivity index (χ4n) is 1.81. The van der Waals surface area contributed by atoms with Crippen LogP contribution in [0.1, 0.15) is 6.42 Å². The Morgan fingerprint density at radius 2 is 2.25 bits per heavy atom. The molecule has 1 saturated heterocycles. The van der Waals surface area contributed by atoms with Gasteiger partial charge >= 0.3 is 5.97 Å². The Bertz CT molecular complexity index is 447. The third-order valence-electron chi connectivity index (χ3n) is 2.62. The molecule has 1 aromatic carbocycles. The normalized spacial score (nSPS) is 20.2. The van der Waals surface area contributed by atoms with E-state index in [4.69, 9.17) is 5.11 Å². The van der Waals surface area contributed by atoms with Gasteiger partial charge in [-0.05, 0) is 24.6 Å². The second-order valence-electron chi connectivity index (χ2n) is 3.65. The topological polar surface area (TPSA) is 57.6 Å². The summed E-state index contributed by atoms with van der Waals surface area (Å²) in [4.78, 5) is 23.7. The van der Waals surface area contributed by atoms with E-state index in [2.05, 4.69) is 0 Å². The zero-order valence-corrected chi connectivity index (χ0v) is 8.39. The van der Waals surface area contributed by atoms with Crippen molar-refractivity contribution in [1.29, 1.82) is 0 Å². The first-order valence-corrected chi connectivity index (χ1v) is 4.89. The van der Waals surface area contributed by atoms with E-state index in [1.54, 1.807) is 6.07 Å². The van der Waals surface area contributed by atoms with Crippen molar-refractivity contribution in [2.75, 3.05) is 11.4 Å². The smallest absolute Gasteiger partial charge is 0.316 e. The number of rotatable bonds is 2. The minimum absolute atomic E-state index is 0.269. The molecule has 0 bridgehead atoms. The maximum absolute atomic E-state index is 12.9. The van der Waals surface area contributed by atoms with E-state index in [1.165, 1.54) is 23.1 Å². The van der Waals surface area contributed by atoms with Gasteiger partial charge in [0.2, 0.25) is 5.91 Å². The summed E-state index contributed by atoms with van der Waals surface area (Å²) < 4.78 is 12.9. The number of carboxylic acid groups (broad SMARTS) is 1. The highest BCUT2D eigenvalue weighted by Crippen LogP contribution is 2.25. The van der Waals surface area contributed by atoms with Crippen molar-refractivity contribution in [2.24, 2.45) is 5.92 Å². The van der Waals surface area contributed by atoms with E-state index in [0.29, 0.717) is 12.2 Å². The van der Waals surface area contributed by atoms with Gasteiger partial charge in [-0.15, -0.1) is 0 Å². The van der Waals surface area contributed by atoms with Crippen LogP contribution in [0.25, 0.3) is 0 Å². The molecule has 0 spiro atoms. The van der Waals surface area contributed by atoms with Crippen LogP contribution in [0.2, 0.25) is 0 Å². The molecular weight excluding hydrogens is 213 g/mol. The van der Waals surface area contributed by atoms with Crippen LogP contribution in [0.5, 0.6) is 0 Å². The number of carboxylic acids is 1. The second-order valence-corrected chi connectivity index (χ2v) is 3.65. The van der Waals surface area contributed by atoms with Crippen LogP contribution in [0, 0.1) is 11.7 Å². The third-order valence-corrected chi connectivity index (χ3v) is 2.62. The Kier molecular flexibility index (Phi) is 2.60. The molecule has 0 aliphatic carbocycles. The molecule has 0 aromatic heterocycles. The third kappa shape index (κ3) is 1.76. The fourth-order valence-corrected chi connectivity index (χ4v) is 1.81. The first-order valence-electron chi connectivity index (χ1n) is 4.89. The first kappa shape index (κ1) is 10.6. The molecule has 0 unspecified atom stereocenters. The number of halogens is 1. The standard InChI is InChI=1S/C11H10FNO3/c12-7-2-1-3-8(6-7)13-5-4-9(10(13)14)11(15)16/h1-3,6,9H,4-5H2,(H,15,16)/t9-/m0/s1. The Hall–Kier alpha value is -1.91. The lowest BCUT2D eigenvalue weighted by atomic mass is 10.1. The van der Waals surface area contributed by atoms with Crippen LogP contribution in [0.4, 0.5) is 10.1 Å². The number of amides is 1. The van der Waals surface area contributed by atoms with E-state index < -0.39 is 23.6 Å². The van der Waals surface area contributed by atoms with Crippen LogP contribution in [-0.2, 0) is 9.59 Å². The van der Waals surface area contributed by atoms with E-state index in [9.17, 15) is 14.0 Å².